The van der Waals surface area contributed by atoms with E-state index in [1.54, 1.807) is 0 Å². The topological polar surface area (TPSA) is 115 Å². The molecule has 9 heteroatoms. The molecule has 0 atom stereocenters. The normalized spacial score (nSPS) is 17.2. The minimum atomic E-state index is -3.66. The van der Waals surface area contributed by atoms with Gasteiger partial charge in [0.15, 0.2) is 0 Å². The van der Waals surface area contributed by atoms with Crippen LogP contribution in [0.4, 0.5) is 0 Å². The lowest BCUT2D eigenvalue weighted by atomic mass is 10.3. The highest BCUT2D eigenvalue weighted by Crippen LogP contribution is 2.10. The van der Waals surface area contributed by atoms with E-state index in [-0.39, 0.29) is 10.6 Å². The Hall–Kier alpha value is -1.42. The molecule has 0 aliphatic carbocycles. The van der Waals surface area contributed by atoms with Gasteiger partial charge in [0.25, 0.3) is 0 Å². The molecule has 0 amide bonds. The Bertz CT molecular complexity index is 563. The van der Waals surface area contributed by atoms with Crippen molar-refractivity contribution in [3.05, 3.63) is 18.0 Å². The number of sulfonamides is 1. The van der Waals surface area contributed by atoms with Crippen molar-refractivity contribution in [1.29, 1.82) is 0 Å². The summed E-state index contributed by atoms with van der Waals surface area (Å²) in [6.07, 6.45) is 1.18. The molecule has 112 valence electrons. The molecule has 0 aromatic carbocycles. The van der Waals surface area contributed by atoms with Crippen LogP contribution in [0.25, 0.3) is 0 Å². The number of piperazine rings is 1. The van der Waals surface area contributed by atoms with E-state index in [2.05, 4.69) is 19.9 Å². The van der Waals surface area contributed by atoms with Gasteiger partial charge in [-0.1, -0.05) is 0 Å². The van der Waals surface area contributed by atoms with E-state index in [1.165, 1.54) is 6.20 Å². The second-order valence-corrected chi connectivity index (χ2v) is 6.31. The average molecular weight is 302 g/mol. The van der Waals surface area contributed by atoms with Crippen molar-refractivity contribution in [2.24, 2.45) is 0 Å². The number of carboxylic acids is 1. The summed E-state index contributed by atoms with van der Waals surface area (Å²) in [5, 5.41) is 12.0. The van der Waals surface area contributed by atoms with Crippen LogP contribution in [0.3, 0.4) is 0 Å². The maximum Gasteiger partial charge on any atom is 0.352 e. The summed E-state index contributed by atoms with van der Waals surface area (Å²) in [6.45, 7) is 4.55. The second-order valence-electron chi connectivity index (χ2n) is 4.54. The predicted octanol–water partition coefficient (Wildman–Crippen LogP) is -1.10. The van der Waals surface area contributed by atoms with Crippen LogP contribution in [0, 0.1) is 0 Å². The van der Waals surface area contributed by atoms with Crippen molar-refractivity contribution in [2.45, 2.75) is 4.90 Å². The number of carboxylic acid groups (broad SMARTS) is 1. The smallest absolute Gasteiger partial charge is 0.352 e. The van der Waals surface area contributed by atoms with Crippen LogP contribution in [-0.4, -0.2) is 68.6 Å². The molecule has 1 aliphatic heterocycles. The first-order chi connectivity index (χ1) is 9.49. The number of aromatic carboxylic acids is 1. The van der Waals surface area contributed by atoms with Gasteiger partial charge in [-0.05, 0) is 6.07 Å². The SMILES string of the molecule is O=C(O)c1cc(S(=O)(=O)NCCN2CCNCC2)c[nH]1. The van der Waals surface area contributed by atoms with E-state index in [9.17, 15) is 13.2 Å². The lowest BCUT2D eigenvalue weighted by molar-refractivity contribution is 0.0691. The van der Waals surface area contributed by atoms with Gasteiger partial charge in [0.2, 0.25) is 10.0 Å². The van der Waals surface area contributed by atoms with Crippen LogP contribution in [0.1, 0.15) is 10.5 Å². The number of hydrogen-bond donors (Lipinski definition) is 4. The fraction of sp³-hybridized carbons (Fsp3) is 0.545. The lowest BCUT2D eigenvalue weighted by Gasteiger charge is -2.26. The summed E-state index contributed by atoms with van der Waals surface area (Å²) in [4.78, 5) is 15.2. The molecule has 1 aromatic heterocycles. The van der Waals surface area contributed by atoms with Crippen molar-refractivity contribution >= 4 is 16.0 Å². The zero-order valence-corrected chi connectivity index (χ0v) is 11.7. The number of aromatic amines is 1. The van der Waals surface area contributed by atoms with Crippen LogP contribution in [0.5, 0.6) is 0 Å². The van der Waals surface area contributed by atoms with Crippen LogP contribution >= 0.6 is 0 Å². The van der Waals surface area contributed by atoms with Gasteiger partial charge in [-0.25, -0.2) is 17.9 Å². The molecule has 0 spiro atoms. The number of rotatable bonds is 6. The third-order valence-corrected chi connectivity index (χ3v) is 4.57. The van der Waals surface area contributed by atoms with Crippen molar-refractivity contribution in [3.63, 3.8) is 0 Å². The number of aromatic nitrogens is 1. The van der Waals surface area contributed by atoms with Gasteiger partial charge in [0.05, 0.1) is 0 Å². The fourth-order valence-corrected chi connectivity index (χ4v) is 3.02. The molecular weight excluding hydrogens is 284 g/mol. The number of H-pyrrole nitrogens is 1. The molecule has 8 nitrogen and oxygen atoms in total. The summed E-state index contributed by atoms with van der Waals surface area (Å²) in [7, 11) is -3.66. The lowest BCUT2D eigenvalue weighted by Crippen LogP contribution is -2.46. The highest BCUT2D eigenvalue weighted by Gasteiger charge is 2.18. The van der Waals surface area contributed by atoms with Gasteiger partial charge in [-0.15, -0.1) is 0 Å². The Kier molecular flexibility index (Phi) is 4.76. The third kappa shape index (κ3) is 3.79. The highest BCUT2D eigenvalue weighted by atomic mass is 32.2. The summed E-state index contributed by atoms with van der Waals surface area (Å²) < 4.78 is 26.4. The number of nitrogens with one attached hydrogen (secondary N) is 3. The molecule has 2 heterocycles. The summed E-state index contributed by atoms with van der Waals surface area (Å²) in [5.41, 5.74) is -0.146. The Morgan fingerprint density at radius 2 is 2.10 bits per heavy atom. The molecular formula is C11H18N4O4S. The Morgan fingerprint density at radius 1 is 1.40 bits per heavy atom. The van der Waals surface area contributed by atoms with Crippen molar-refractivity contribution < 1.29 is 18.3 Å². The number of hydrogen-bond acceptors (Lipinski definition) is 5. The zero-order valence-electron chi connectivity index (χ0n) is 10.9. The minimum Gasteiger partial charge on any atom is -0.477 e. The molecule has 1 fully saturated rings. The van der Waals surface area contributed by atoms with Crippen LogP contribution in [0.2, 0.25) is 0 Å². The fourth-order valence-electron chi connectivity index (χ4n) is 2.01. The molecule has 0 radical (unpaired) electrons. The molecule has 1 aromatic rings. The summed E-state index contributed by atoms with van der Waals surface area (Å²) in [6, 6.07) is 1.11. The monoisotopic (exact) mass is 302 g/mol. The van der Waals surface area contributed by atoms with E-state index < -0.39 is 16.0 Å². The molecule has 1 aliphatic rings. The molecule has 4 N–H and O–H groups in total. The first kappa shape index (κ1) is 15.0. The molecule has 2 rings (SSSR count). The minimum absolute atomic E-state index is 0.0600. The van der Waals surface area contributed by atoms with Gasteiger partial charge < -0.3 is 15.4 Å². The van der Waals surface area contributed by atoms with E-state index in [1.807, 2.05) is 0 Å². The number of carbonyl (C=O) groups is 1. The third-order valence-electron chi connectivity index (χ3n) is 3.13. The first-order valence-corrected chi connectivity index (χ1v) is 7.82. The molecule has 0 saturated carbocycles. The van der Waals surface area contributed by atoms with Crippen LogP contribution in [-0.2, 0) is 10.0 Å². The quantitative estimate of drug-likeness (QED) is 0.530. The molecule has 0 unspecified atom stereocenters. The first-order valence-electron chi connectivity index (χ1n) is 6.33. The van der Waals surface area contributed by atoms with E-state index in [0.717, 1.165) is 32.2 Å². The maximum atomic E-state index is 12.0. The predicted molar refractivity (Wildman–Crippen MR) is 72.3 cm³/mol. The Morgan fingerprint density at radius 3 is 2.70 bits per heavy atom. The van der Waals surface area contributed by atoms with Crippen molar-refractivity contribution in [3.8, 4) is 0 Å². The van der Waals surface area contributed by atoms with Gasteiger partial charge in [0.1, 0.15) is 10.6 Å². The Labute approximate surface area is 117 Å². The Balaban J connectivity index is 1.88. The molecule has 20 heavy (non-hydrogen) atoms. The highest BCUT2D eigenvalue weighted by molar-refractivity contribution is 7.89. The molecule has 0 bridgehead atoms. The van der Waals surface area contributed by atoms with Crippen LogP contribution in [0.15, 0.2) is 17.2 Å². The second kappa shape index (κ2) is 6.35. The summed E-state index contributed by atoms with van der Waals surface area (Å²) in [5.74, 6) is -1.19. The van der Waals surface area contributed by atoms with Gasteiger partial charge in [-0.2, -0.15) is 0 Å². The zero-order chi connectivity index (χ0) is 14.6. The standard InChI is InChI=1S/C11H18N4O4S/c16-11(17)10-7-9(8-13-10)20(18,19)14-3-6-15-4-1-12-2-5-15/h7-8,12-14H,1-6H2,(H,16,17). The van der Waals surface area contributed by atoms with E-state index in [4.69, 9.17) is 5.11 Å². The maximum absolute atomic E-state index is 12.0. The van der Waals surface area contributed by atoms with Gasteiger partial charge in [0, 0.05) is 45.5 Å². The van der Waals surface area contributed by atoms with Gasteiger partial charge >= 0.3 is 5.97 Å². The van der Waals surface area contributed by atoms with Crippen LogP contribution < -0.4 is 10.0 Å². The summed E-state index contributed by atoms with van der Waals surface area (Å²) >= 11 is 0. The van der Waals surface area contributed by atoms with E-state index in [0.29, 0.717) is 13.1 Å². The largest absolute Gasteiger partial charge is 0.477 e. The van der Waals surface area contributed by atoms with E-state index >= 15 is 0 Å². The van der Waals surface area contributed by atoms with Gasteiger partial charge in [-0.3, -0.25) is 4.90 Å². The van der Waals surface area contributed by atoms with Crippen molar-refractivity contribution in [1.82, 2.24) is 19.9 Å². The average Bonchev–Trinajstić information content (AvgIpc) is 2.90. The number of nitrogens with zero attached hydrogens (tertiary/aromatic N) is 1. The van der Waals surface area contributed by atoms with Crippen molar-refractivity contribution in [2.75, 3.05) is 39.3 Å². The molecule has 1 saturated heterocycles.